The number of anilines is 1. The van der Waals surface area contributed by atoms with Crippen LogP contribution in [0.2, 0.25) is 0 Å². The molecule has 1 aliphatic rings. The monoisotopic (exact) mass is 294 g/mol. The number of aromatic nitrogens is 2. The van der Waals surface area contributed by atoms with Gasteiger partial charge in [0.25, 0.3) is 0 Å². The molecular weight excluding hydrogens is 280 g/mol. The number of amides is 1. The first-order chi connectivity index (χ1) is 9.24. The highest BCUT2D eigenvalue weighted by molar-refractivity contribution is 5.94. The van der Waals surface area contributed by atoms with Crippen LogP contribution in [0.3, 0.4) is 0 Å². The van der Waals surface area contributed by atoms with Crippen molar-refractivity contribution in [2.75, 3.05) is 11.9 Å². The standard InChI is InChI=1S/C11H14F4N4O/c1-6-4-19(5-11(13,14)15)18-9(6)17-10(20)8-2-7(12)3-16-8/h4,7-8,16H,2-3,5H2,1H3,(H,17,18,20)/t7-,8+/m1/s1. The number of aryl methyl sites for hydroxylation is 1. The summed E-state index contributed by atoms with van der Waals surface area (Å²) < 4.78 is 50.4. The highest BCUT2D eigenvalue weighted by Gasteiger charge is 2.31. The van der Waals surface area contributed by atoms with Crippen LogP contribution >= 0.6 is 0 Å². The second-order valence-corrected chi connectivity index (χ2v) is 4.76. The molecule has 5 nitrogen and oxygen atoms in total. The van der Waals surface area contributed by atoms with Gasteiger partial charge in [-0.2, -0.15) is 18.3 Å². The fourth-order valence-corrected chi connectivity index (χ4v) is 2.01. The number of alkyl halides is 4. The van der Waals surface area contributed by atoms with Crippen LogP contribution < -0.4 is 10.6 Å². The van der Waals surface area contributed by atoms with Crippen LogP contribution in [-0.2, 0) is 11.3 Å². The Morgan fingerprint density at radius 2 is 2.30 bits per heavy atom. The Labute approximate surface area is 112 Å². The van der Waals surface area contributed by atoms with Crippen LogP contribution in [0.1, 0.15) is 12.0 Å². The molecule has 2 N–H and O–H groups in total. The van der Waals surface area contributed by atoms with E-state index >= 15 is 0 Å². The summed E-state index contributed by atoms with van der Waals surface area (Å²) in [6.45, 7) is 0.410. The molecule has 1 aromatic heterocycles. The normalized spacial score (nSPS) is 23.1. The highest BCUT2D eigenvalue weighted by atomic mass is 19.4. The van der Waals surface area contributed by atoms with Crippen molar-refractivity contribution >= 4 is 11.7 Å². The Bertz CT molecular complexity index is 499. The predicted molar refractivity (Wildman–Crippen MR) is 63.0 cm³/mol. The van der Waals surface area contributed by atoms with Gasteiger partial charge in [0.05, 0.1) is 6.04 Å². The number of nitrogens with zero attached hydrogens (tertiary/aromatic N) is 2. The van der Waals surface area contributed by atoms with Crippen LogP contribution in [0.15, 0.2) is 6.20 Å². The van der Waals surface area contributed by atoms with Crippen molar-refractivity contribution in [1.29, 1.82) is 0 Å². The number of rotatable bonds is 3. The zero-order valence-corrected chi connectivity index (χ0v) is 10.7. The number of hydrogen-bond donors (Lipinski definition) is 2. The van der Waals surface area contributed by atoms with E-state index in [1.165, 1.54) is 13.1 Å². The predicted octanol–water partition coefficient (Wildman–Crippen LogP) is 1.39. The van der Waals surface area contributed by atoms with Crippen LogP contribution in [0.4, 0.5) is 23.4 Å². The van der Waals surface area contributed by atoms with Gasteiger partial charge in [0.2, 0.25) is 5.91 Å². The summed E-state index contributed by atoms with van der Waals surface area (Å²) in [5, 5.41) is 8.77. The van der Waals surface area contributed by atoms with Crippen LogP contribution in [0, 0.1) is 6.92 Å². The summed E-state index contributed by atoms with van der Waals surface area (Å²) in [4.78, 5) is 11.8. The molecule has 0 saturated carbocycles. The first kappa shape index (κ1) is 14.8. The topological polar surface area (TPSA) is 59.0 Å². The van der Waals surface area contributed by atoms with E-state index in [1.807, 2.05) is 0 Å². The molecular formula is C11H14F4N4O. The maximum atomic E-state index is 13.0. The van der Waals surface area contributed by atoms with E-state index in [1.54, 1.807) is 0 Å². The number of carbonyl (C=O) groups excluding carboxylic acids is 1. The van der Waals surface area contributed by atoms with Gasteiger partial charge in [0.15, 0.2) is 5.82 Å². The van der Waals surface area contributed by atoms with Gasteiger partial charge >= 0.3 is 6.18 Å². The quantitative estimate of drug-likeness (QED) is 0.828. The Kier molecular flexibility index (Phi) is 3.98. The van der Waals surface area contributed by atoms with E-state index in [0.717, 1.165) is 0 Å². The molecule has 2 heterocycles. The van der Waals surface area contributed by atoms with Crippen LogP contribution in [-0.4, -0.2) is 40.6 Å². The zero-order chi connectivity index (χ0) is 14.9. The van der Waals surface area contributed by atoms with Crippen LogP contribution in [0.5, 0.6) is 0 Å². The average molecular weight is 294 g/mol. The minimum absolute atomic E-state index is 0.0497. The second kappa shape index (κ2) is 5.39. The molecule has 0 aromatic carbocycles. The SMILES string of the molecule is Cc1cn(CC(F)(F)F)nc1NC(=O)[C@@H]1C[C@@H](F)CN1. The van der Waals surface area contributed by atoms with E-state index < -0.39 is 30.8 Å². The Hall–Kier alpha value is -1.64. The van der Waals surface area contributed by atoms with Crippen molar-refractivity contribution in [2.45, 2.75) is 38.3 Å². The summed E-state index contributed by atoms with van der Waals surface area (Å²) in [6.07, 6.45) is -4.22. The maximum Gasteiger partial charge on any atom is 0.408 e. The smallest absolute Gasteiger partial charge is 0.308 e. The molecule has 1 amide bonds. The second-order valence-electron chi connectivity index (χ2n) is 4.76. The fourth-order valence-electron chi connectivity index (χ4n) is 2.01. The third-order valence-corrected chi connectivity index (χ3v) is 2.92. The van der Waals surface area contributed by atoms with E-state index in [4.69, 9.17) is 0 Å². The lowest BCUT2D eigenvalue weighted by Gasteiger charge is -2.09. The van der Waals surface area contributed by atoms with Crippen molar-refractivity contribution < 1.29 is 22.4 Å². The molecule has 0 aliphatic carbocycles. The van der Waals surface area contributed by atoms with Crippen molar-refractivity contribution in [1.82, 2.24) is 15.1 Å². The molecule has 0 bridgehead atoms. The lowest BCUT2D eigenvalue weighted by Crippen LogP contribution is -2.35. The molecule has 0 unspecified atom stereocenters. The molecule has 112 valence electrons. The van der Waals surface area contributed by atoms with Gasteiger partial charge in [-0.05, 0) is 6.92 Å². The number of carbonyl (C=O) groups is 1. The Morgan fingerprint density at radius 3 is 2.85 bits per heavy atom. The third kappa shape index (κ3) is 3.69. The van der Waals surface area contributed by atoms with Gasteiger partial charge in [-0.25, -0.2) is 4.39 Å². The first-order valence-corrected chi connectivity index (χ1v) is 6.04. The molecule has 9 heteroatoms. The molecule has 1 aromatic rings. The van der Waals surface area contributed by atoms with E-state index in [9.17, 15) is 22.4 Å². The van der Waals surface area contributed by atoms with Crippen molar-refractivity contribution in [2.24, 2.45) is 0 Å². The van der Waals surface area contributed by atoms with Gasteiger partial charge in [0, 0.05) is 24.7 Å². The van der Waals surface area contributed by atoms with Crippen LogP contribution in [0.25, 0.3) is 0 Å². The van der Waals surface area contributed by atoms with Gasteiger partial charge in [0.1, 0.15) is 12.7 Å². The van der Waals surface area contributed by atoms with Gasteiger partial charge in [-0.1, -0.05) is 0 Å². The zero-order valence-electron chi connectivity index (χ0n) is 10.7. The molecule has 20 heavy (non-hydrogen) atoms. The average Bonchev–Trinajstić information content (AvgIpc) is 2.84. The summed E-state index contributed by atoms with van der Waals surface area (Å²) >= 11 is 0. The molecule has 1 fully saturated rings. The number of nitrogens with one attached hydrogen (secondary N) is 2. The molecule has 0 radical (unpaired) electrons. The lowest BCUT2D eigenvalue weighted by molar-refractivity contribution is -0.142. The Morgan fingerprint density at radius 1 is 1.60 bits per heavy atom. The van der Waals surface area contributed by atoms with Crippen molar-refractivity contribution in [3.05, 3.63) is 11.8 Å². The Balaban J connectivity index is 2.01. The summed E-state index contributed by atoms with van der Waals surface area (Å²) in [6, 6.07) is -0.683. The van der Waals surface area contributed by atoms with Crippen molar-refractivity contribution in [3.63, 3.8) is 0 Å². The van der Waals surface area contributed by atoms with Gasteiger partial charge in [-0.15, -0.1) is 0 Å². The summed E-state index contributed by atoms with van der Waals surface area (Å²) in [7, 11) is 0. The fraction of sp³-hybridized carbons (Fsp3) is 0.636. The first-order valence-electron chi connectivity index (χ1n) is 6.04. The lowest BCUT2D eigenvalue weighted by atomic mass is 10.2. The number of halogens is 4. The molecule has 1 aliphatic heterocycles. The summed E-state index contributed by atoms with van der Waals surface area (Å²) in [5.74, 6) is -0.436. The molecule has 1 saturated heterocycles. The molecule has 0 spiro atoms. The summed E-state index contributed by atoms with van der Waals surface area (Å²) in [5.41, 5.74) is 0.414. The van der Waals surface area contributed by atoms with Crippen molar-refractivity contribution in [3.8, 4) is 0 Å². The maximum absolute atomic E-state index is 13.0. The van der Waals surface area contributed by atoms with E-state index in [0.29, 0.717) is 10.2 Å². The largest absolute Gasteiger partial charge is 0.408 e. The molecule has 2 atom stereocenters. The van der Waals surface area contributed by atoms with E-state index in [2.05, 4.69) is 15.7 Å². The van der Waals surface area contributed by atoms with E-state index in [-0.39, 0.29) is 18.8 Å². The number of hydrogen-bond acceptors (Lipinski definition) is 3. The molecule has 2 rings (SSSR count). The highest BCUT2D eigenvalue weighted by Crippen LogP contribution is 2.20. The minimum Gasteiger partial charge on any atom is -0.308 e. The van der Waals surface area contributed by atoms with Gasteiger partial charge < -0.3 is 10.6 Å². The third-order valence-electron chi connectivity index (χ3n) is 2.92. The minimum atomic E-state index is -4.38. The van der Waals surface area contributed by atoms with Gasteiger partial charge in [-0.3, -0.25) is 9.48 Å².